The summed E-state index contributed by atoms with van der Waals surface area (Å²) >= 11 is 0. The number of rotatable bonds is 5. The van der Waals surface area contributed by atoms with E-state index >= 15 is 0 Å². The van der Waals surface area contributed by atoms with Gasteiger partial charge in [0.05, 0.1) is 26.0 Å². The van der Waals surface area contributed by atoms with Crippen LogP contribution in [0.2, 0.25) is 0 Å². The molecule has 1 atom stereocenters. The fourth-order valence-corrected chi connectivity index (χ4v) is 2.62. The van der Waals surface area contributed by atoms with Crippen molar-refractivity contribution >= 4 is 11.3 Å². The van der Waals surface area contributed by atoms with Gasteiger partial charge < -0.3 is 14.8 Å². The number of aromatic nitrogens is 3. The molecule has 0 aliphatic carbocycles. The minimum atomic E-state index is -0.00560. The van der Waals surface area contributed by atoms with Gasteiger partial charge >= 0.3 is 0 Å². The average Bonchev–Trinajstić information content (AvgIpc) is 2.95. The summed E-state index contributed by atoms with van der Waals surface area (Å²) in [5, 5.41) is 7.84. The second kappa shape index (κ2) is 6.16. The topological polar surface area (TPSA) is 60.7 Å². The molecule has 0 saturated heterocycles. The Morgan fingerprint density at radius 3 is 2.74 bits per heavy atom. The van der Waals surface area contributed by atoms with Crippen LogP contribution >= 0.6 is 0 Å². The lowest BCUT2D eigenvalue weighted by Crippen LogP contribution is -2.10. The molecule has 1 N–H and O–H groups in total. The number of hydrogen-bond donors (Lipinski definition) is 1. The van der Waals surface area contributed by atoms with Gasteiger partial charge in [0.2, 0.25) is 0 Å². The number of benzene rings is 1. The zero-order chi connectivity index (χ0) is 16.4. The molecule has 0 aliphatic rings. The minimum Gasteiger partial charge on any atom is -0.497 e. The molecule has 0 saturated carbocycles. The fraction of sp³-hybridized carbons (Fsp3) is 0.294. The van der Waals surface area contributed by atoms with Crippen molar-refractivity contribution in [2.24, 2.45) is 0 Å². The Morgan fingerprint density at radius 2 is 2.00 bits per heavy atom. The molecule has 0 aliphatic heterocycles. The number of nitrogens with zero attached hydrogens (tertiary/aromatic N) is 3. The van der Waals surface area contributed by atoms with Gasteiger partial charge in [0.25, 0.3) is 0 Å². The maximum atomic E-state index is 5.46. The van der Waals surface area contributed by atoms with E-state index < -0.39 is 0 Å². The summed E-state index contributed by atoms with van der Waals surface area (Å²) in [6.45, 7) is 4.02. The first-order valence-corrected chi connectivity index (χ1v) is 7.42. The fourth-order valence-electron chi connectivity index (χ4n) is 2.62. The van der Waals surface area contributed by atoms with Crippen LogP contribution in [-0.4, -0.2) is 28.8 Å². The molecule has 0 radical (unpaired) electrons. The summed E-state index contributed by atoms with van der Waals surface area (Å²) in [4.78, 5) is 4.44. The molecule has 3 aromatic rings. The molecule has 2 aromatic heterocycles. The van der Waals surface area contributed by atoms with Gasteiger partial charge in [-0.1, -0.05) is 0 Å². The SMILES string of the molecule is COc1ccc(OC)c([C@@H](C)Nc2nccn3nc(C)cc23)c1. The second-order valence-corrected chi connectivity index (χ2v) is 5.37. The van der Waals surface area contributed by atoms with Gasteiger partial charge in [-0.05, 0) is 38.1 Å². The summed E-state index contributed by atoms with van der Waals surface area (Å²) in [6.07, 6.45) is 3.57. The van der Waals surface area contributed by atoms with E-state index in [1.54, 1.807) is 20.4 Å². The first kappa shape index (κ1) is 15.1. The maximum absolute atomic E-state index is 5.46. The summed E-state index contributed by atoms with van der Waals surface area (Å²) in [5.74, 6) is 2.38. The molecule has 2 heterocycles. The van der Waals surface area contributed by atoms with Crippen molar-refractivity contribution in [1.29, 1.82) is 0 Å². The molecule has 3 rings (SSSR count). The highest BCUT2D eigenvalue weighted by Gasteiger charge is 2.15. The lowest BCUT2D eigenvalue weighted by atomic mass is 10.1. The van der Waals surface area contributed by atoms with Gasteiger partial charge in [0.15, 0.2) is 5.82 Å². The largest absolute Gasteiger partial charge is 0.497 e. The summed E-state index contributed by atoms with van der Waals surface area (Å²) < 4.78 is 12.6. The number of aryl methyl sites for hydroxylation is 1. The van der Waals surface area contributed by atoms with Crippen LogP contribution in [0.1, 0.15) is 24.2 Å². The first-order chi connectivity index (χ1) is 11.1. The van der Waals surface area contributed by atoms with Crippen LogP contribution in [0.25, 0.3) is 5.52 Å². The molecule has 0 spiro atoms. The molecule has 0 fully saturated rings. The Morgan fingerprint density at radius 1 is 1.17 bits per heavy atom. The highest BCUT2D eigenvalue weighted by atomic mass is 16.5. The van der Waals surface area contributed by atoms with Crippen molar-refractivity contribution < 1.29 is 9.47 Å². The zero-order valence-electron chi connectivity index (χ0n) is 13.7. The summed E-state index contributed by atoms with van der Waals surface area (Å²) in [7, 11) is 3.32. The monoisotopic (exact) mass is 312 g/mol. The molecule has 0 amide bonds. The van der Waals surface area contributed by atoms with Crippen LogP contribution in [0, 0.1) is 6.92 Å². The third-order valence-electron chi connectivity index (χ3n) is 3.77. The smallest absolute Gasteiger partial charge is 0.152 e. The highest BCUT2D eigenvalue weighted by Crippen LogP contribution is 2.31. The Kier molecular flexibility index (Phi) is 4.06. The Balaban J connectivity index is 1.96. The predicted octanol–water partition coefficient (Wildman–Crippen LogP) is 3.23. The van der Waals surface area contributed by atoms with E-state index in [2.05, 4.69) is 22.3 Å². The molecule has 6 nitrogen and oxygen atoms in total. The van der Waals surface area contributed by atoms with Gasteiger partial charge in [-0.25, -0.2) is 9.50 Å². The van der Waals surface area contributed by atoms with Crippen molar-refractivity contribution in [3.8, 4) is 11.5 Å². The highest BCUT2D eigenvalue weighted by molar-refractivity contribution is 5.68. The third-order valence-corrected chi connectivity index (χ3v) is 3.77. The molecule has 120 valence electrons. The second-order valence-electron chi connectivity index (χ2n) is 5.37. The average molecular weight is 312 g/mol. The Bertz CT molecular complexity index is 829. The molecule has 1 aromatic carbocycles. The van der Waals surface area contributed by atoms with E-state index in [4.69, 9.17) is 9.47 Å². The summed E-state index contributed by atoms with van der Waals surface area (Å²) in [6, 6.07) is 7.76. The van der Waals surface area contributed by atoms with Crippen molar-refractivity contribution in [3.63, 3.8) is 0 Å². The van der Waals surface area contributed by atoms with Gasteiger partial charge in [0.1, 0.15) is 17.0 Å². The molecular weight excluding hydrogens is 292 g/mol. The number of ether oxygens (including phenoxy) is 2. The number of methoxy groups -OCH3 is 2. The van der Waals surface area contributed by atoms with Gasteiger partial charge in [-0.3, -0.25) is 0 Å². The Labute approximate surface area is 135 Å². The van der Waals surface area contributed by atoms with E-state index in [1.165, 1.54) is 0 Å². The number of fused-ring (bicyclic) bond motifs is 1. The number of nitrogens with one attached hydrogen (secondary N) is 1. The third kappa shape index (κ3) is 2.92. The lowest BCUT2D eigenvalue weighted by Gasteiger charge is -2.19. The van der Waals surface area contributed by atoms with Crippen LogP contribution < -0.4 is 14.8 Å². The van der Waals surface area contributed by atoms with Crippen molar-refractivity contribution in [2.45, 2.75) is 19.9 Å². The van der Waals surface area contributed by atoms with Crippen LogP contribution in [-0.2, 0) is 0 Å². The van der Waals surface area contributed by atoms with Gasteiger partial charge in [-0.2, -0.15) is 5.10 Å². The molecule has 23 heavy (non-hydrogen) atoms. The van der Waals surface area contributed by atoms with E-state index in [9.17, 15) is 0 Å². The molecule has 0 unspecified atom stereocenters. The van der Waals surface area contributed by atoms with Crippen LogP contribution in [0.5, 0.6) is 11.5 Å². The zero-order valence-corrected chi connectivity index (χ0v) is 13.7. The van der Waals surface area contributed by atoms with Crippen molar-refractivity contribution in [2.75, 3.05) is 19.5 Å². The molecule has 6 heteroatoms. The standard InChI is InChI=1S/C17H20N4O2/c1-11-9-15-17(18-7-8-21(15)20-11)19-12(2)14-10-13(22-3)5-6-16(14)23-4/h5-10,12H,1-4H3,(H,18,19)/t12-/m1/s1. The first-order valence-electron chi connectivity index (χ1n) is 7.42. The summed E-state index contributed by atoms with van der Waals surface area (Å²) in [5.41, 5.74) is 2.90. The van der Waals surface area contributed by atoms with Gasteiger partial charge in [0, 0.05) is 18.0 Å². The van der Waals surface area contributed by atoms with Crippen LogP contribution in [0.4, 0.5) is 5.82 Å². The normalized spacial score (nSPS) is 12.2. The number of anilines is 1. The predicted molar refractivity (Wildman–Crippen MR) is 89.3 cm³/mol. The van der Waals surface area contributed by atoms with E-state index in [1.807, 2.05) is 41.9 Å². The molecular formula is C17H20N4O2. The molecule has 0 bridgehead atoms. The van der Waals surface area contributed by atoms with Crippen molar-refractivity contribution in [1.82, 2.24) is 14.6 Å². The van der Waals surface area contributed by atoms with E-state index in [0.717, 1.165) is 34.1 Å². The van der Waals surface area contributed by atoms with Crippen LogP contribution in [0.3, 0.4) is 0 Å². The van der Waals surface area contributed by atoms with E-state index in [0.29, 0.717) is 0 Å². The lowest BCUT2D eigenvalue weighted by molar-refractivity contribution is 0.397. The quantitative estimate of drug-likeness (QED) is 0.784. The van der Waals surface area contributed by atoms with E-state index in [-0.39, 0.29) is 6.04 Å². The Hall–Kier alpha value is -2.76. The van der Waals surface area contributed by atoms with Crippen molar-refractivity contribution in [3.05, 3.63) is 47.9 Å². The maximum Gasteiger partial charge on any atom is 0.152 e. The number of hydrogen-bond acceptors (Lipinski definition) is 5. The van der Waals surface area contributed by atoms with Gasteiger partial charge in [-0.15, -0.1) is 0 Å². The minimum absolute atomic E-state index is 0.00560. The van der Waals surface area contributed by atoms with Crippen LogP contribution in [0.15, 0.2) is 36.7 Å².